The number of rotatable bonds is 3. The lowest BCUT2D eigenvalue weighted by molar-refractivity contribution is -0.137. The Bertz CT molecular complexity index is 1280. The normalized spacial score (nSPS) is 21.6. The van der Waals surface area contributed by atoms with Crippen LogP contribution in [-0.2, 0) is 11.3 Å². The molecule has 2 aromatic carbocycles. The fourth-order valence-corrected chi connectivity index (χ4v) is 5.32. The largest absolute Gasteiger partial charge is 0.361 e. The van der Waals surface area contributed by atoms with Gasteiger partial charge in [0.05, 0.1) is 22.6 Å². The minimum atomic E-state index is -0.308. The fraction of sp³-hybridized carbons (Fsp3) is 0.320. The number of amides is 1. The van der Waals surface area contributed by atoms with Crippen molar-refractivity contribution in [1.82, 2.24) is 19.9 Å². The first-order valence-electron chi connectivity index (χ1n) is 11.0. The highest BCUT2D eigenvalue weighted by atomic mass is 16.2. The van der Waals surface area contributed by atoms with E-state index in [0.29, 0.717) is 6.54 Å². The summed E-state index contributed by atoms with van der Waals surface area (Å²) in [4.78, 5) is 30.6. The van der Waals surface area contributed by atoms with Crippen LogP contribution in [0.15, 0.2) is 60.9 Å². The van der Waals surface area contributed by atoms with E-state index in [1.807, 2.05) is 47.6 Å². The summed E-state index contributed by atoms with van der Waals surface area (Å²) in [5.41, 5.74) is 3.81. The highest BCUT2D eigenvalue weighted by molar-refractivity contribution is 5.87. The van der Waals surface area contributed by atoms with Crippen LogP contribution in [0.4, 0.5) is 5.82 Å². The molecule has 2 aliphatic rings. The third-order valence-corrected chi connectivity index (χ3v) is 6.97. The number of para-hydroxylation sites is 3. The molecule has 1 unspecified atom stereocenters. The van der Waals surface area contributed by atoms with Gasteiger partial charge in [-0.2, -0.15) is 0 Å². The van der Waals surface area contributed by atoms with Gasteiger partial charge in [0, 0.05) is 43.3 Å². The predicted octanol–water partition coefficient (Wildman–Crippen LogP) is 4.13. The van der Waals surface area contributed by atoms with Crippen LogP contribution in [0.3, 0.4) is 0 Å². The number of aromatic amines is 1. The first-order chi connectivity index (χ1) is 15.2. The first kappa shape index (κ1) is 18.4. The molecular weight excluding hydrogens is 386 g/mol. The zero-order valence-electron chi connectivity index (χ0n) is 17.4. The van der Waals surface area contributed by atoms with Crippen molar-refractivity contribution in [3.05, 3.63) is 66.5 Å². The summed E-state index contributed by atoms with van der Waals surface area (Å²) >= 11 is 0. The van der Waals surface area contributed by atoms with Gasteiger partial charge in [0.1, 0.15) is 5.82 Å². The summed E-state index contributed by atoms with van der Waals surface area (Å²) in [6.45, 7) is 3.13. The number of nitrogens with one attached hydrogen (secondary N) is 1. The van der Waals surface area contributed by atoms with Crippen molar-refractivity contribution < 1.29 is 4.79 Å². The molecule has 31 heavy (non-hydrogen) atoms. The molecule has 6 heteroatoms. The standard InChI is InChI=1S/C25H25N5O/c31-24-25(11-13-29(24)16-18-14-26-20-7-2-1-6-19(18)20)10-5-12-30(17-25)23-15-27-21-8-3-4-9-22(21)28-23/h1-4,6-9,14-15,26H,5,10-13,16-17H2. The molecular formula is C25H25N5O. The van der Waals surface area contributed by atoms with Gasteiger partial charge in [-0.3, -0.25) is 9.78 Å². The molecule has 1 amide bonds. The maximum absolute atomic E-state index is 13.6. The van der Waals surface area contributed by atoms with Crippen LogP contribution in [0.2, 0.25) is 0 Å². The van der Waals surface area contributed by atoms with E-state index in [1.54, 1.807) is 0 Å². The summed E-state index contributed by atoms with van der Waals surface area (Å²) in [5, 5.41) is 1.20. The van der Waals surface area contributed by atoms with E-state index < -0.39 is 0 Å². The van der Waals surface area contributed by atoms with Crippen molar-refractivity contribution in [1.29, 1.82) is 0 Å². The Morgan fingerprint density at radius 1 is 1.00 bits per heavy atom. The van der Waals surface area contributed by atoms with Gasteiger partial charge in [-0.05, 0) is 43.0 Å². The number of likely N-dealkylation sites (tertiary alicyclic amines) is 1. The van der Waals surface area contributed by atoms with Crippen LogP contribution in [0.25, 0.3) is 21.9 Å². The average Bonchev–Trinajstić information content (AvgIpc) is 3.36. The molecule has 4 aromatic rings. The second-order valence-corrected chi connectivity index (χ2v) is 8.86. The maximum Gasteiger partial charge on any atom is 0.230 e. The highest BCUT2D eigenvalue weighted by Crippen LogP contribution is 2.42. The number of aromatic nitrogens is 3. The lowest BCUT2D eigenvalue weighted by Gasteiger charge is -2.39. The van der Waals surface area contributed by atoms with Crippen molar-refractivity contribution in [3.8, 4) is 0 Å². The Kier molecular flexibility index (Phi) is 4.19. The lowest BCUT2D eigenvalue weighted by atomic mass is 9.78. The first-order valence-corrected chi connectivity index (χ1v) is 11.0. The van der Waals surface area contributed by atoms with Gasteiger partial charge in [0.25, 0.3) is 0 Å². The number of benzene rings is 2. The van der Waals surface area contributed by atoms with Crippen LogP contribution in [0, 0.1) is 5.41 Å². The van der Waals surface area contributed by atoms with Crippen molar-refractivity contribution in [2.75, 3.05) is 24.5 Å². The Morgan fingerprint density at radius 3 is 2.77 bits per heavy atom. The molecule has 6 nitrogen and oxygen atoms in total. The van der Waals surface area contributed by atoms with Crippen molar-refractivity contribution in [3.63, 3.8) is 0 Å². The number of anilines is 1. The van der Waals surface area contributed by atoms with E-state index in [4.69, 9.17) is 4.98 Å². The van der Waals surface area contributed by atoms with Gasteiger partial charge in [-0.25, -0.2) is 4.98 Å². The number of nitrogens with zero attached hydrogens (tertiary/aromatic N) is 4. The number of hydrogen-bond donors (Lipinski definition) is 1. The third-order valence-electron chi connectivity index (χ3n) is 6.97. The van der Waals surface area contributed by atoms with E-state index in [2.05, 4.69) is 33.1 Å². The molecule has 1 spiro atoms. The topological polar surface area (TPSA) is 65.1 Å². The van der Waals surface area contributed by atoms with Gasteiger partial charge in [0.2, 0.25) is 5.91 Å². The zero-order chi connectivity index (χ0) is 20.8. The second kappa shape index (κ2) is 7.08. The molecule has 0 saturated carbocycles. The molecule has 2 fully saturated rings. The van der Waals surface area contributed by atoms with E-state index in [1.165, 1.54) is 10.9 Å². The SMILES string of the molecule is O=C1N(Cc2c[nH]c3ccccc23)CCC12CCCN(c1cnc3ccccc3n1)C2. The Labute approximate surface area is 180 Å². The van der Waals surface area contributed by atoms with E-state index in [9.17, 15) is 4.79 Å². The summed E-state index contributed by atoms with van der Waals surface area (Å²) < 4.78 is 0. The highest BCUT2D eigenvalue weighted by Gasteiger charge is 2.49. The third kappa shape index (κ3) is 3.05. The quantitative estimate of drug-likeness (QED) is 0.551. The molecule has 2 saturated heterocycles. The maximum atomic E-state index is 13.6. The number of carbonyl (C=O) groups is 1. The lowest BCUT2D eigenvalue weighted by Crippen LogP contribution is -2.48. The molecule has 0 bridgehead atoms. The van der Waals surface area contributed by atoms with Gasteiger partial charge >= 0.3 is 0 Å². The van der Waals surface area contributed by atoms with Crippen LogP contribution in [0.5, 0.6) is 0 Å². The number of H-pyrrole nitrogens is 1. The van der Waals surface area contributed by atoms with E-state index >= 15 is 0 Å². The molecule has 6 rings (SSSR count). The minimum absolute atomic E-state index is 0.288. The predicted molar refractivity (Wildman–Crippen MR) is 122 cm³/mol. The number of piperidine rings is 1. The minimum Gasteiger partial charge on any atom is -0.361 e. The fourth-order valence-electron chi connectivity index (χ4n) is 5.32. The number of hydrogen-bond acceptors (Lipinski definition) is 4. The summed E-state index contributed by atoms with van der Waals surface area (Å²) in [5.74, 6) is 1.16. The average molecular weight is 412 g/mol. The second-order valence-electron chi connectivity index (χ2n) is 8.86. The van der Waals surface area contributed by atoms with Gasteiger partial charge in [-0.1, -0.05) is 30.3 Å². The Balaban J connectivity index is 1.24. The smallest absolute Gasteiger partial charge is 0.230 e. The molecule has 4 heterocycles. The van der Waals surface area contributed by atoms with Crippen molar-refractivity contribution >= 4 is 33.7 Å². The molecule has 0 radical (unpaired) electrons. The van der Waals surface area contributed by atoms with E-state index in [-0.39, 0.29) is 11.3 Å². The zero-order valence-corrected chi connectivity index (χ0v) is 17.4. The summed E-state index contributed by atoms with van der Waals surface area (Å²) in [6, 6.07) is 16.2. The molecule has 1 atom stereocenters. The Morgan fingerprint density at radius 2 is 1.84 bits per heavy atom. The molecule has 2 aromatic heterocycles. The summed E-state index contributed by atoms with van der Waals surface area (Å²) in [7, 11) is 0. The van der Waals surface area contributed by atoms with Gasteiger partial charge in [0.15, 0.2) is 0 Å². The van der Waals surface area contributed by atoms with E-state index in [0.717, 1.165) is 61.3 Å². The molecule has 0 aliphatic carbocycles. The number of fused-ring (bicyclic) bond motifs is 2. The van der Waals surface area contributed by atoms with Crippen molar-refractivity contribution in [2.24, 2.45) is 5.41 Å². The van der Waals surface area contributed by atoms with Crippen molar-refractivity contribution in [2.45, 2.75) is 25.8 Å². The number of carbonyl (C=O) groups excluding carboxylic acids is 1. The van der Waals surface area contributed by atoms with Gasteiger partial charge < -0.3 is 14.8 Å². The summed E-state index contributed by atoms with van der Waals surface area (Å²) in [6.07, 6.45) is 6.76. The van der Waals surface area contributed by atoms with Gasteiger partial charge in [-0.15, -0.1) is 0 Å². The molecule has 2 aliphatic heterocycles. The molecule has 156 valence electrons. The van der Waals surface area contributed by atoms with Crippen LogP contribution in [-0.4, -0.2) is 45.4 Å². The van der Waals surface area contributed by atoms with Crippen LogP contribution in [0.1, 0.15) is 24.8 Å². The van der Waals surface area contributed by atoms with Crippen LogP contribution >= 0.6 is 0 Å². The Hall–Kier alpha value is -3.41. The molecule has 1 N–H and O–H groups in total. The van der Waals surface area contributed by atoms with Crippen LogP contribution < -0.4 is 4.90 Å². The monoisotopic (exact) mass is 411 g/mol.